The summed E-state index contributed by atoms with van der Waals surface area (Å²) < 4.78 is 18.7. The summed E-state index contributed by atoms with van der Waals surface area (Å²) in [4.78, 5) is 28.4. The van der Waals surface area contributed by atoms with Crippen molar-refractivity contribution in [3.05, 3.63) is 35.8 Å². The summed E-state index contributed by atoms with van der Waals surface area (Å²) in [6.07, 6.45) is 2.93. The molecule has 0 spiro atoms. The zero-order chi connectivity index (χ0) is 18.3. The molecule has 2 aromatic rings. The maximum absolute atomic E-state index is 13.3. The second-order valence-corrected chi connectivity index (χ2v) is 7.06. The summed E-state index contributed by atoms with van der Waals surface area (Å²) in [6, 6.07) is 4.76. The van der Waals surface area contributed by atoms with Gasteiger partial charge in [-0.25, -0.2) is 9.18 Å². The quantitative estimate of drug-likeness (QED) is 0.882. The molecule has 2 N–H and O–H groups in total. The van der Waals surface area contributed by atoms with Crippen LogP contribution in [0.1, 0.15) is 37.2 Å². The number of carbonyl (C=O) groups is 2. The first kappa shape index (κ1) is 17.0. The van der Waals surface area contributed by atoms with E-state index < -0.39 is 18.2 Å². The molecule has 26 heavy (non-hydrogen) atoms. The minimum atomic E-state index is -1.00. The van der Waals surface area contributed by atoms with Crippen molar-refractivity contribution in [3.63, 3.8) is 0 Å². The highest BCUT2D eigenvalue weighted by molar-refractivity contribution is 5.84. The van der Waals surface area contributed by atoms with Crippen molar-refractivity contribution < 1.29 is 23.8 Å². The number of nitrogens with one attached hydrogen (secondary N) is 1. The van der Waals surface area contributed by atoms with Gasteiger partial charge in [-0.3, -0.25) is 4.79 Å². The van der Waals surface area contributed by atoms with Crippen LogP contribution < -0.4 is 0 Å². The molecule has 2 atom stereocenters. The lowest BCUT2D eigenvalue weighted by molar-refractivity contribution is -0.155. The van der Waals surface area contributed by atoms with Gasteiger partial charge in [-0.1, -0.05) is 0 Å². The Kier molecular flexibility index (Phi) is 4.40. The average Bonchev–Trinajstić information content (AvgIpc) is 3.28. The van der Waals surface area contributed by atoms with Crippen LogP contribution in [-0.4, -0.2) is 52.2 Å². The molecule has 0 unspecified atom stereocenters. The molecule has 2 saturated heterocycles. The number of carboxylic acids is 1. The molecule has 7 heteroatoms. The maximum atomic E-state index is 13.3. The maximum Gasteiger partial charge on any atom is 0.332 e. The molecule has 2 aliphatic heterocycles. The number of carbonyl (C=O) groups excluding carboxylic acids is 1. The van der Waals surface area contributed by atoms with Crippen LogP contribution in [0.25, 0.3) is 10.9 Å². The number of carboxylic acid groups (broad SMARTS) is 1. The number of halogens is 1. The van der Waals surface area contributed by atoms with E-state index in [1.807, 2.05) is 6.20 Å². The van der Waals surface area contributed by atoms with Gasteiger partial charge >= 0.3 is 5.97 Å². The summed E-state index contributed by atoms with van der Waals surface area (Å²) in [5, 5.41) is 10.0. The third-order valence-electron chi connectivity index (χ3n) is 5.49. The van der Waals surface area contributed by atoms with Crippen molar-refractivity contribution in [2.45, 2.75) is 43.8 Å². The number of fused-ring (bicyclic) bond motifs is 1. The number of amides is 1. The molecule has 2 aliphatic rings. The van der Waals surface area contributed by atoms with Gasteiger partial charge in [0.25, 0.3) is 5.91 Å². The topological polar surface area (TPSA) is 82.6 Å². The van der Waals surface area contributed by atoms with Gasteiger partial charge in [-0.2, -0.15) is 0 Å². The highest BCUT2D eigenvalue weighted by atomic mass is 19.1. The third kappa shape index (κ3) is 3.07. The summed E-state index contributed by atoms with van der Waals surface area (Å²) in [5.41, 5.74) is 1.95. The minimum Gasteiger partial charge on any atom is -0.479 e. The minimum absolute atomic E-state index is 0.104. The lowest BCUT2D eigenvalue weighted by Crippen LogP contribution is -2.43. The molecule has 3 heterocycles. The Balaban J connectivity index is 1.39. The predicted octanol–water partition coefficient (Wildman–Crippen LogP) is 2.65. The number of nitrogens with zero attached hydrogens (tertiary/aromatic N) is 1. The number of piperidine rings is 1. The fourth-order valence-electron chi connectivity index (χ4n) is 4.07. The van der Waals surface area contributed by atoms with Gasteiger partial charge in [-0.05, 0) is 55.4 Å². The Hall–Kier alpha value is -2.41. The predicted molar refractivity (Wildman–Crippen MR) is 92.3 cm³/mol. The van der Waals surface area contributed by atoms with Crippen LogP contribution in [0.2, 0.25) is 0 Å². The Bertz CT molecular complexity index is 841. The van der Waals surface area contributed by atoms with E-state index in [9.17, 15) is 14.0 Å². The third-order valence-corrected chi connectivity index (χ3v) is 5.49. The highest BCUT2D eigenvalue weighted by Crippen LogP contribution is 2.34. The lowest BCUT2D eigenvalue weighted by atomic mass is 9.89. The van der Waals surface area contributed by atoms with Gasteiger partial charge in [0.2, 0.25) is 0 Å². The average molecular weight is 360 g/mol. The number of likely N-dealkylation sites (tertiary alicyclic amines) is 1. The van der Waals surface area contributed by atoms with Gasteiger partial charge < -0.3 is 19.7 Å². The Morgan fingerprint density at radius 1 is 1.15 bits per heavy atom. The van der Waals surface area contributed by atoms with Crippen molar-refractivity contribution in [2.24, 2.45) is 0 Å². The SMILES string of the molecule is O=C(O)[C@H]1CC[C@@H](C(=O)N2CCC(c3c[nH]c4cc(F)ccc34)CC2)O1. The van der Waals surface area contributed by atoms with Crippen LogP contribution in [0.4, 0.5) is 4.39 Å². The van der Waals surface area contributed by atoms with Crippen molar-refractivity contribution in [3.8, 4) is 0 Å². The normalized spacial score (nSPS) is 24.3. The second kappa shape index (κ2) is 6.72. The molecular formula is C19H21FN2O4. The van der Waals surface area contributed by atoms with E-state index in [0.717, 1.165) is 29.3 Å². The Morgan fingerprint density at radius 3 is 2.58 bits per heavy atom. The number of benzene rings is 1. The van der Waals surface area contributed by atoms with E-state index in [0.29, 0.717) is 31.8 Å². The van der Waals surface area contributed by atoms with Crippen LogP contribution in [-0.2, 0) is 14.3 Å². The van der Waals surface area contributed by atoms with E-state index in [2.05, 4.69) is 4.98 Å². The van der Waals surface area contributed by atoms with Crippen LogP contribution in [0.3, 0.4) is 0 Å². The molecule has 1 aromatic heterocycles. The summed E-state index contributed by atoms with van der Waals surface area (Å²) in [7, 11) is 0. The molecule has 0 saturated carbocycles. The smallest absolute Gasteiger partial charge is 0.332 e. The Morgan fingerprint density at radius 2 is 1.88 bits per heavy atom. The van der Waals surface area contributed by atoms with E-state index in [1.165, 1.54) is 12.1 Å². The number of hydrogen-bond acceptors (Lipinski definition) is 3. The van der Waals surface area contributed by atoms with Gasteiger partial charge in [0.15, 0.2) is 6.10 Å². The first-order chi connectivity index (χ1) is 12.5. The van der Waals surface area contributed by atoms with E-state index in [1.54, 1.807) is 11.0 Å². The molecule has 0 bridgehead atoms. The molecule has 6 nitrogen and oxygen atoms in total. The molecule has 4 rings (SSSR count). The van der Waals surface area contributed by atoms with Gasteiger partial charge in [0.05, 0.1) is 0 Å². The van der Waals surface area contributed by atoms with Crippen LogP contribution in [0.15, 0.2) is 24.4 Å². The molecule has 2 fully saturated rings. The number of hydrogen-bond donors (Lipinski definition) is 2. The number of ether oxygens (including phenoxy) is 1. The first-order valence-corrected chi connectivity index (χ1v) is 8.96. The standard InChI is InChI=1S/C19H21FN2O4/c20-12-1-2-13-14(10-21-15(13)9-12)11-5-7-22(8-6-11)18(23)16-3-4-17(26-16)19(24)25/h1-2,9-11,16-17,21H,3-8H2,(H,24,25)/t16-,17+/m0/s1. The van der Waals surface area contributed by atoms with Gasteiger partial charge in [0, 0.05) is 30.2 Å². The fraction of sp³-hybridized carbons (Fsp3) is 0.474. The Labute approximate surface area is 149 Å². The van der Waals surface area contributed by atoms with Crippen molar-refractivity contribution in [1.82, 2.24) is 9.88 Å². The molecule has 0 radical (unpaired) electrons. The summed E-state index contributed by atoms with van der Waals surface area (Å²) >= 11 is 0. The number of aromatic amines is 1. The molecular weight excluding hydrogens is 339 g/mol. The van der Waals surface area contributed by atoms with E-state index >= 15 is 0 Å². The molecule has 1 aromatic carbocycles. The highest BCUT2D eigenvalue weighted by Gasteiger charge is 2.37. The van der Waals surface area contributed by atoms with Crippen LogP contribution in [0, 0.1) is 5.82 Å². The lowest BCUT2D eigenvalue weighted by Gasteiger charge is -2.33. The first-order valence-electron chi connectivity index (χ1n) is 8.96. The monoisotopic (exact) mass is 360 g/mol. The largest absolute Gasteiger partial charge is 0.479 e. The van der Waals surface area contributed by atoms with Crippen molar-refractivity contribution >= 4 is 22.8 Å². The second-order valence-electron chi connectivity index (χ2n) is 7.06. The number of aliphatic carboxylic acids is 1. The number of rotatable bonds is 3. The van der Waals surface area contributed by atoms with E-state index in [4.69, 9.17) is 9.84 Å². The van der Waals surface area contributed by atoms with Gasteiger partial charge in [-0.15, -0.1) is 0 Å². The zero-order valence-corrected chi connectivity index (χ0v) is 14.3. The molecule has 1 amide bonds. The van der Waals surface area contributed by atoms with E-state index in [-0.39, 0.29) is 11.7 Å². The fourth-order valence-corrected chi connectivity index (χ4v) is 4.07. The number of H-pyrrole nitrogens is 1. The summed E-state index contributed by atoms with van der Waals surface area (Å²) in [6.45, 7) is 1.24. The van der Waals surface area contributed by atoms with Crippen LogP contribution >= 0.6 is 0 Å². The van der Waals surface area contributed by atoms with Crippen molar-refractivity contribution in [1.29, 1.82) is 0 Å². The number of aromatic nitrogens is 1. The van der Waals surface area contributed by atoms with Crippen molar-refractivity contribution in [2.75, 3.05) is 13.1 Å². The molecule has 138 valence electrons. The zero-order valence-electron chi connectivity index (χ0n) is 14.3. The van der Waals surface area contributed by atoms with Crippen LogP contribution in [0.5, 0.6) is 0 Å². The summed E-state index contributed by atoms with van der Waals surface area (Å²) in [5.74, 6) is -1.06. The van der Waals surface area contributed by atoms with Gasteiger partial charge in [0.1, 0.15) is 11.9 Å². The molecule has 0 aliphatic carbocycles.